The lowest BCUT2D eigenvalue weighted by Crippen LogP contribution is -2.50. The molecule has 0 aromatic heterocycles. The third-order valence-electron chi connectivity index (χ3n) is 11.6. The molecule has 3 unspecified atom stereocenters. The molecule has 0 spiro atoms. The molecule has 0 aliphatic carbocycles. The maximum atomic E-state index is 12.7. The lowest BCUT2D eigenvalue weighted by atomic mass is 10.0. The van der Waals surface area contributed by atoms with E-state index < -0.39 is 40.0 Å². The van der Waals surface area contributed by atoms with Crippen molar-refractivity contribution in [1.29, 1.82) is 0 Å². The number of rotatable bonds is 45. The van der Waals surface area contributed by atoms with E-state index in [4.69, 9.17) is 0 Å². The number of nitrogens with one attached hydrogen (secondary N) is 1. The molecule has 0 heterocycles. The van der Waals surface area contributed by atoms with E-state index in [1.807, 2.05) is 0 Å². The van der Waals surface area contributed by atoms with Gasteiger partial charge in [-0.05, 0) is 38.5 Å². The van der Waals surface area contributed by atoms with Gasteiger partial charge < -0.3 is 15.5 Å². The molecule has 0 aromatic carbocycles. The van der Waals surface area contributed by atoms with Gasteiger partial charge in [-0.3, -0.25) is 9.35 Å². The number of carbonyl (C=O) groups is 1. The van der Waals surface area contributed by atoms with Crippen LogP contribution in [0.4, 0.5) is 0 Å². The number of allylic oxidation sites excluding steroid dienone is 2. The first-order valence-electron chi connectivity index (χ1n) is 24.5. The lowest BCUT2D eigenvalue weighted by Gasteiger charge is -2.24. The monoisotopic (exact) mass is 814 g/mol. The Kier molecular flexibility index (Phi) is 41.5. The summed E-state index contributed by atoms with van der Waals surface area (Å²) in [5.74, 6) is -1.45. The highest BCUT2D eigenvalue weighted by atomic mass is 32.2. The molecule has 0 aromatic rings. The number of hydrogen-bond acceptors (Lipinski definition) is 5. The molecule has 0 radical (unpaired) electrons. The molecule has 0 bridgehead atoms. The standard InChI is InChI=1S/C48H95NO6S/c1-3-5-7-9-11-13-15-17-19-21-23-24-25-27-29-31-33-35-37-39-41-43-47(51)48(52)49-45(44-56(53,54)55)46(50)42-40-38-36-34-32-30-28-26-22-20-18-16-14-12-10-8-6-4-2/h25,27,45-47,50-51H,3-24,26,28-44H2,1-2H3,(H,49,52)(H,53,54,55)/b27-25-. The predicted molar refractivity (Wildman–Crippen MR) is 241 cm³/mol. The second-order valence-electron chi connectivity index (χ2n) is 17.2. The van der Waals surface area contributed by atoms with Crippen LogP contribution in [-0.4, -0.2) is 53.1 Å². The molecule has 0 fully saturated rings. The van der Waals surface area contributed by atoms with Gasteiger partial charge in [0.15, 0.2) is 0 Å². The summed E-state index contributed by atoms with van der Waals surface area (Å²) in [4.78, 5) is 12.7. The van der Waals surface area contributed by atoms with Gasteiger partial charge in [0, 0.05) is 0 Å². The van der Waals surface area contributed by atoms with Crippen LogP contribution in [0, 0.1) is 0 Å². The van der Waals surface area contributed by atoms with Crippen LogP contribution in [0.15, 0.2) is 12.2 Å². The third kappa shape index (κ3) is 41.2. The SMILES string of the molecule is CCCCCCCCCCCCC/C=C\CCCCCCCCC(O)C(=O)NC(CS(=O)(=O)O)C(O)CCCCCCCCCCCCCCCCCCCC. The summed E-state index contributed by atoms with van der Waals surface area (Å²) in [5, 5.41) is 23.7. The molecule has 0 saturated heterocycles. The Morgan fingerprint density at radius 1 is 0.464 bits per heavy atom. The highest BCUT2D eigenvalue weighted by molar-refractivity contribution is 7.85. The molecular weight excluding hydrogens is 719 g/mol. The average Bonchev–Trinajstić information content (AvgIpc) is 3.17. The van der Waals surface area contributed by atoms with E-state index in [-0.39, 0.29) is 0 Å². The summed E-state index contributed by atoms with van der Waals surface area (Å²) in [5.41, 5.74) is 0. The van der Waals surface area contributed by atoms with Crippen molar-refractivity contribution in [3.05, 3.63) is 12.2 Å². The van der Waals surface area contributed by atoms with Gasteiger partial charge in [-0.2, -0.15) is 8.42 Å². The maximum absolute atomic E-state index is 12.7. The second-order valence-corrected chi connectivity index (χ2v) is 18.7. The highest BCUT2D eigenvalue weighted by Gasteiger charge is 2.28. The summed E-state index contributed by atoms with van der Waals surface area (Å²) < 4.78 is 32.7. The Bertz CT molecular complexity index is 957. The first-order chi connectivity index (χ1) is 27.2. The number of aliphatic hydroxyl groups is 2. The first kappa shape index (κ1) is 55.0. The fourth-order valence-corrected chi connectivity index (χ4v) is 8.57. The minimum absolute atomic E-state index is 0.293. The van der Waals surface area contributed by atoms with Crippen molar-refractivity contribution in [2.24, 2.45) is 0 Å². The van der Waals surface area contributed by atoms with Gasteiger partial charge in [-0.15, -0.1) is 0 Å². The number of unbranched alkanes of at least 4 members (excludes halogenated alkanes) is 34. The van der Waals surface area contributed by atoms with Crippen LogP contribution in [0.25, 0.3) is 0 Å². The van der Waals surface area contributed by atoms with Crippen LogP contribution >= 0.6 is 0 Å². The summed E-state index contributed by atoms with van der Waals surface area (Å²) in [6, 6.07) is -1.15. The van der Waals surface area contributed by atoms with E-state index in [0.717, 1.165) is 51.4 Å². The van der Waals surface area contributed by atoms with E-state index in [2.05, 4.69) is 31.3 Å². The zero-order valence-electron chi connectivity index (χ0n) is 37.1. The average molecular weight is 814 g/mol. The quantitative estimate of drug-likeness (QED) is 0.0276. The summed E-state index contributed by atoms with van der Waals surface area (Å²) in [6.07, 6.45) is 49.5. The summed E-state index contributed by atoms with van der Waals surface area (Å²) >= 11 is 0. The number of carbonyl (C=O) groups excluding carboxylic acids is 1. The van der Waals surface area contributed by atoms with Crippen molar-refractivity contribution in [2.75, 3.05) is 5.75 Å². The predicted octanol–water partition coefficient (Wildman–Crippen LogP) is 13.9. The van der Waals surface area contributed by atoms with E-state index in [0.29, 0.717) is 19.3 Å². The van der Waals surface area contributed by atoms with Crippen molar-refractivity contribution < 1.29 is 28.0 Å². The van der Waals surface area contributed by atoms with Crippen LogP contribution in [0.1, 0.15) is 264 Å². The van der Waals surface area contributed by atoms with Crippen LogP contribution in [0.2, 0.25) is 0 Å². The van der Waals surface area contributed by atoms with E-state index in [9.17, 15) is 28.0 Å². The van der Waals surface area contributed by atoms with Crippen molar-refractivity contribution >= 4 is 16.0 Å². The smallest absolute Gasteiger partial charge is 0.266 e. The Labute approximate surface area is 348 Å². The topological polar surface area (TPSA) is 124 Å². The van der Waals surface area contributed by atoms with E-state index in [1.165, 1.54) is 180 Å². The van der Waals surface area contributed by atoms with Crippen LogP contribution in [0.3, 0.4) is 0 Å². The molecule has 0 rings (SSSR count). The van der Waals surface area contributed by atoms with Gasteiger partial charge in [0.1, 0.15) is 6.10 Å². The van der Waals surface area contributed by atoms with Gasteiger partial charge >= 0.3 is 0 Å². The van der Waals surface area contributed by atoms with Crippen molar-refractivity contribution in [2.45, 2.75) is 283 Å². The molecule has 1 amide bonds. The highest BCUT2D eigenvalue weighted by Crippen LogP contribution is 2.17. The molecule has 3 atom stereocenters. The third-order valence-corrected chi connectivity index (χ3v) is 12.4. The molecule has 4 N–H and O–H groups in total. The molecule has 334 valence electrons. The van der Waals surface area contributed by atoms with Gasteiger partial charge in [-0.1, -0.05) is 238 Å². The molecule has 0 saturated carbocycles. The normalized spacial score (nSPS) is 13.7. The largest absolute Gasteiger partial charge is 0.391 e. The van der Waals surface area contributed by atoms with Gasteiger partial charge in [-0.25, -0.2) is 0 Å². The Morgan fingerprint density at radius 2 is 0.750 bits per heavy atom. The molecule has 8 heteroatoms. The molecule has 7 nitrogen and oxygen atoms in total. The van der Waals surface area contributed by atoms with E-state index >= 15 is 0 Å². The Balaban J connectivity index is 3.87. The molecule has 0 aliphatic heterocycles. The Morgan fingerprint density at radius 3 is 1.07 bits per heavy atom. The second kappa shape index (κ2) is 42.2. The summed E-state index contributed by atoms with van der Waals surface area (Å²) in [6.45, 7) is 4.54. The van der Waals surface area contributed by atoms with Crippen LogP contribution < -0.4 is 5.32 Å². The zero-order chi connectivity index (χ0) is 41.2. The minimum Gasteiger partial charge on any atom is -0.391 e. The van der Waals surface area contributed by atoms with Crippen molar-refractivity contribution in [3.63, 3.8) is 0 Å². The number of hydrogen-bond donors (Lipinski definition) is 4. The molecule has 0 aliphatic rings. The fraction of sp³-hybridized carbons (Fsp3) is 0.938. The number of aliphatic hydroxyl groups excluding tert-OH is 2. The Hall–Kier alpha value is -0.960. The lowest BCUT2D eigenvalue weighted by molar-refractivity contribution is -0.131. The first-order valence-corrected chi connectivity index (χ1v) is 26.1. The maximum Gasteiger partial charge on any atom is 0.266 e. The van der Waals surface area contributed by atoms with Crippen LogP contribution in [0.5, 0.6) is 0 Å². The van der Waals surface area contributed by atoms with E-state index in [1.54, 1.807) is 0 Å². The van der Waals surface area contributed by atoms with Gasteiger partial charge in [0.2, 0.25) is 5.91 Å². The minimum atomic E-state index is -4.41. The van der Waals surface area contributed by atoms with Crippen molar-refractivity contribution in [1.82, 2.24) is 5.32 Å². The van der Waals surface area contributed by atoms with Crippen molar-refractivity contribution in [3.8, 4) is 0 Å². The van der Waals surface area contributed by atoms with Crippen LogP contribution in [-0.2, 0) is 14.9 Å². The number of amides is 1. The van der Waals surface area contributed by atoms with Gasteiger partial charge in [0.25, 0.3) is 10.1 Å². The molecule has 56 heavy (non-hydrogen) atoms. The fourth-order valence-electron chi connectivity index (χ4n) is 7.81. The molecular formula is C48H95NO6S. The zero-order valence-corrected chi connectivity index (χ0v) is 38.0. The summed E-state index contributed by atoms with van der Waals surface area (Å²) in [7, 11) is -4.41. The van der Waals surface area contributed by atoms with Gasteiger partial charge in [0.05, 0.1) is 17.9 Å².